The highest BCUT2D eigenvalue weighted by atomic mass is 16.5. The molecule has 2 aromatic carbocycles. The van der Waals surface area contributed by atoms with Gasteiger partial charge in [-0.3, -0.25) is 4.79 Å². The maximum Gasteiger partial charge on any atom is 0.253 e. The number of likely N-dealkylation sites (tertiary alicyclic amines) is 1. The third kappa shape index (κ3) is 2.91. The third-order valence-electron chi connectivity index (χ3n) is 5.63. The Morgan fingerprint density at radius 3 is 2.60 bits per heavy atom. The van der Waals surface area contributed by atoms with Crippen molar-refractivity contribution in [2.24, 2.45) is 0 Å². The second kappa shape index (κ2) is 6.52. The first-order valence-corrected chi connectivity index (χ1v) is 8.93. The lowest BCUT2D eigenvalue weighted by atomic mass is 9.73. The van der Waals surface area contributed by atoms with Gasteiger partial charge in [0, 0.05) is 30.5 Å². The number of fused-ring (bicyclic) bond motifs is 1. The first kappa shape index (κ1) is 16.2. The van der Waals surface area contributed by atoms with Crippen LogP contribution in [0.15, 0.2) is 48.5 Å². The lowest BCUT2D eigenvalue weighted by molar-refractivity contribution is 0.0593. The van der Waals surface area contributed by atoms with E-state index in [1.807, 2.05) is 41.3 Å². The molecule has 130 valence electrons. The van der Waals surface area contributed by atoms with Gasteiger partial charge in [-0.25, -0.2) is 0 Å². The summed E-state index contributed by atoms with van der Waals surface area (Å²) in [6, 6.07) is 15.9. The molecule has 0 unspecified atom stereocenters. The average Bonchev–Trinajstić information content (AvgIpc) is 3.16. The van der Waals surface area contributed by atoms with Gasteiger partial charge in [-0.1, -0.05) is 30.3 Å². The molecule has 0 aliphatic carbocycles. The van der Waals surface area contributed by atoms with Crippen LogP contribution in [-0.4, -0.2) is 42.2 Å². The number of amides is 1. The summed E-state index contributed by atoms with van der Waals surface area (Å²) in [5.41, 5.74) is 2.79. The number of nitrogens with zero attached hydrogens (tertiary/aromatic N) is 1. The Labute approximate surface area is 148 Å². The molecule has 2 aromatic rings. The second-order valence-electron chi connectivity index (χ2n) is 7.02. The van der Waals surface area contributed by atoms with Gasteiger partial charge in [0.1, 0.15) is 5.75 Å². The summed E-state index contributed by atoms with van der Waals surface area (Å²) in [6.07, 6.45) is 2.44. The van der Waals surface area contributed by atoms with Gasteiger partial charge in [0.25, 0.3) is 5.91 Å². The fourth-order valence-corrected chi connectivity index (χ4v) is 3.97. The SMILES string of the molecule is O=C(c1ccc2c(c1)CCO2)N1CCC(CO)(c2ccccc2)CC1. The minimum atomic E-state index is -0.232. The summed E-state index contributed by atoms with van der Waals surface area (Å²) in [6.45, 7) is 2.16. The molecular formula is C21H23NO3. The van der Waals surface area contributed by atoms with Crippen LogP contribution < -0.4 is 4.74 Å². The standard InChI is InChI=1S/C21H23NO3/c23-15-21(18-4-2-1-3-5-18)9-11-22(12-10-21)20(24)17-6-7-19-16(14-17)8-13-25-19/h1-7,14,23H,8-13,15H2. The first-order chi connectivity index (χ1) is 12.2. The van der Waals surface area contributed by atoms with Crippen molar-refractivity contribution in [3.8, 4) is 5.75 Å². The fraction of sp³-hybridized carbons (Fsp3) is 0.381. The summed E-state index contributed by atoms with van der Waals surface area (Å²) in [5.74, 6) is 0.980. The predicted octanol–water partition coefficient (Wildman–Crippen LogP) is 2.79. The van der Waals surface area contributed by atoms with E-state index in [-0.39, 0.29) is 17.9 Å². The second-order valence-corrected chi connectivity index (χ2v) is 7.02. The molecule has 1 saturated heterocycles. The number of carbonyl (C=O) groups is 1. The quantitative estimate of drug-likeness (QED) is 0.937. The molecule has 0 radical (unpaired) electrons. The first-order valence-electron chi connectivity index (χ1n) is 8.93. The van der Waals surface area contributed by atoms with E-state index >= 15 is 0 Å². The Hall–Kier alpha value is -2.33. The van der Waals surface area contributed by atoms with Crippen molar-refractivity contribution in [1.82, 2.24) is 4.90 Å². The van der Waals surface area contributed by atoms with Crippen LogP contribution in [0.5, 0.6) is 5.75 Å². The summed E-state index contributed by atoms with van der Waals surface area (Å²) >= 11 is 0. The van der Waals surface area contributed by atoms with Crippen LogP contribution in [-0.2, 0) is 11.8 Å². The molecule has 2 aliphatic heterocycles. The molecule has 2 heterocycles. The maximum absolute atomic E-state index is 12.9. The molecule has 0 atom stereocenters. The van der Waals surface area contributed by atoms with Gasteiger partial charge in [0.05, 0.1) is 13.2 Å². The Kier molecular flexibility index (Phi) is 4.22. The van der Waals surface area contributed by atoms with Gasteiger partial charge in [0.2, 0.25) is 0 Å². The Balaban J connectivity index is 1.49. The number of benzene rings is 2. The highest BCUT2D eigenvalue weighted by Crippen LogP contribution is 2.35. The predicted molar refractivity (Wildman–Crippen MR) is 96.0 cm³/mol. The number of hydrogen-bond donors (Lipinski definition) is 1. The summed E-state index contributed by atoms with van der Waals surface area (Å²) in [4.78, 5) is 14.8. The maximum atomic E-state index is 12.9. The molecule has 1 fully saturated rings. The Morgan fingerprint density at radius 2 is 1.88 bits per heavy atom. The number of carbonyl (C=O) groups excluding carboxylic acids is 1. The van der Waals surface area contributed by atoms with Crippen molar-refractivity contribution in [3.05, 3.63) is 65.2 Å². The van der Waals surface area contributed by atoms with Crippen molar-refractivity contribution >= 4 is 5.91 Å². The van der Waals surface area contributed by atoms with E-state index in [0.717, 1.165) is 36.1 Å². The molecule has 2 aliphatic rings. The van der Waals surface area contributed by atoms with Gasteiger partial charge >= 0.3 is 0 Å². The fourth-order valence-electron chi connectivity index (χ4n) is 3.97. The zero-order valence-electron chi connectivity index (χ0n) is 14.3. The third-order valence-corrected chi connectivity index (χ3v) is 5.63. The minimum absolute atomic E-state index is 0.0781. The molecule has 1 N–H and O–H groups in total. The molecule has 4 nitrogen and oxygen atoms in total. The average molecular weight is 337 g/mol. The van der Waals surface area contributed by atoms with Crippen molar-refractivity contribution < 1.29 is 14.6 Å². The van der Waals surface area contributed by atoms with Crippen LogP contribution in [0.1, 0.15) is 34.3 Å². The molecule has 0 saturated carbocycles. The number of aliphatic hydroxyl groups excluding tert-OH is 1. The number of piperidine rings is 1. The number of ether oxygens (including phenoxy) is 1. The van der Waals surface area contributed by atoms with Crippen molar-refractivity contribution in [2.75, 3.05) is 26.3 Å². The van der Waals surface area contributed by atoms with E-state index < -0.39 is 0 Å². The van der Waals surface area contributed by atoms with Gasteiger partial charge in [0.15, 0.2) is 0 Å². The van der Waals surface area contributed by atoms with Crippen LogP contribution in [0.4, 0.5) is 0 Å². The van der Waals surface area contributed by atoms with Crippen LogP contribution in [0.3, 0.4) is 0 Å². The van der Waals surface area contributed by atoms with E-state index in [1.165, 1.54) is 5.56 Å². The molecule has 1 amide bonds. The lowest BCUT2D eigenvalue weighted by Gasteiger charge is -2.41. The molecule has 25 heavy (non-hydrogen) atoms. The van der Waals surface area contributed by atoms with E-state index in [4.69, 9.17) is 4.74 Å². The number of rotatable bonds is 3. The summed E-state index contributed by atoms with van der Waals surface area (Å²) in [5, 5.41) is 10.0. The zero-order chi connectivity index (χ0) is 17.3. The summed E-state index contributed by atoms with van der Waals surface area (Å²) in [7, 11) is 0. The highest BCUT2D eigenvalue weighted by Gasteiger charge is 2.37. The monoisotopic (exact) mass is 337 g/mol. The molecule has 0 spiro atoms. The normalized spacial score (nSPS) is 18.5. The largest absolute Gasteiger partial charge is 0.493 e. The lowest BCUT2D eigenvalue weighted by Crippen LogP contribution is -2.47. The van der Waals surface area contributed by atoms with E-state index in [2.05, 4.69) is 12.1 Å². The van der Waals surface area contributed by atoms with Gasteiger partial charge in [-0.05, 0) is 42.2 Å². The molecule has 0 bridgehead atoms. The van der Waals surface area contributed by atoms with Crippen molar-refractivity contribution in [2.45, 2.75) is 24.7 Å². The highest BCUT2D eigenvalue weighted by molar-refractivity contribution is 5.94. The molecule has 4 rings (SSSR count). The van der Waals surface area contributed by atoms with E-state index in [1.54, 1.807) is 0 Å². The Morgan fingerprint density at radius 1 is 1.12 bits per heavy atom. The van der Waals surface area contributed by atoms with Crippen molar-refractivity contribution in [3.63, 3.8) is 0 Å². The van der Waals surface area contributed by atoms with E-state index in [9.17, 15) is 9.90 Å². The molecular weight excluding hydrogens is 314 g/mol. The van der Waals surface area contributed by atoms with Gasteiger partial charge in [-0.2, -0.15) is 0 Å². The zero-order valence-corrected chi connectivity index (χ0v) is 14.3. The van der Waals surface area contributed by atoms with Gasteiger partial charge < -0.3 is 14.7 Å². The van der Waals surface area contributed by atoms with Gasteiger partial charge in [-0.15, -0.1) is 0 Å². The summed E-state index contributed by atoms with van der Waals surface area (Å²) < 4.78 is 5.52. The molecule has 0 aromatic heterocycles. The van der Waals surface area contributed by atoms with E-state index in [0.29, 0.717) is 19.7 Å². The van der Waals surface area contributed by atoms with Crippen LogP contribution in [0.2, 0.25) is 0 Å². The minimum Gasteiger partial charge on any atom is -0.493 e. The van der Waals surface area contributed by atoms with Crippen LogP contribution >= 0.6 is 0 Å². The van der Waals surface area contributed by atoms with Crippen LogP contribution in [0, 0.1) is 0 Å². The smallest absolute Gasteiger partial charge is 0.253 e. The topological polar surface area (TPSA) is 49.8 Å². The Bertz CT molecular complexity index is 764. The molecule has 4 heteroatoms. The van der Waals surface area contributed by atoms with Crippen LogP contribution in [0.25, 0.3) is 0 Å². The number of aliphatic hydroxyl groups is 1. The number of hydrogen-bond acceptors (Lipinski definition) is 3. The van der Waals surface area contributed by atoms with Crippen molar-refractivity contribution in [1.29, 1.82) is 0 Å².